The number of esters is 1. The van der Waals surface area contributed by atoms with Crippen molar-refractivity contribution in [1.82, 2.24) is 0 Å². The number of aliphatic hydroxyl groups is 1. The van der Waals surface area contributed by atoms with E-state index in [1.54, 1.807) is 11.4 Å². The smallest absolute Gasteiger partial charge is 0.346 e. The summed E-state index contributed by atoms with van der Waals surface area (Å²) in [7, 11) is 1.11. The number of methoxy groups -OCH3 is 1. The number of hydrogen-bond acceptors (Lipinski definition) is 4. The van der Waals surface area contributed by atoms with Crippen LogP contribution < -0.4 is 0 Å². The molecule has 0 bridgehead atoms. The van der Waals surface area contributed by atoms with Gasteiger partial charge in [-0.3, -0.25) is 0 Å². The van der Waals surface area contributed by atoms with Crippen LogP contribution in [0.5, 0.6) is 0 Å². The fraction of sp³-hybridized carbons (Fsp3) is 0.444. The van der Waals surface area contributed by atoms with E-state index in [9.17, 15) is 14.3 Å². The predicted molar refractivity (Wildman–Crippen MR) is 50.8 cm³/mol. The summed E-state index contributed by atoms with van der Waals surface area (Å²) in [6.45, 7) is 1.12. The molecule has 1 heterocycles. The largest absolute Gasteiger partial charge is 0.467 e. The van der Waals surface area contributed by atoms with Crippen molar-refractivity contribution in [3.63, 3.8) is 0 Å². The van der Waals surface area contributed by atoms with Gasteiger partial charge in [0.25, 0.3) is 0 Å². The summed E-state index contributed by atoms with van der Waals surface area (Å²) in [6.07, 6.45) is -1.71. The zero-order chi connectivity index (χ0) is 10.8. The third-order valence-corrected chi connectivity index (χ3v) is 2.96. The van der Waals surface area contributed by atoms with Gasteiger partial charge in [0, 0.05) is 0 Å². The quantitative estimate of drug-likeness (QED) is 0.781. The first kappa shape index (κ1) is 11.1. The summed E-state index contributed by atoms with van der Waals surface area (Å²) in [4.78, 5) is 11.5. The molecule has 3 nitrogen and oxygen atoms in total. The average Bonchev–Trinajstić information content (AvgIpc) is 2.68. The molecular formula is C9H11FO3S. The SMILES string of the molecule is COC(=O)C(O)(c1cccs1)C(C)F. The van der Waals surface area contributed by atoms with E-state index < -0.39 is 17.7 Å². The summed E-state index contributed by atoms with van der Waals surface area (Å²) >= 11 is 1.11. The van der Waals surface area contributed by atoms with E-state index in [4.69, 9.17) is 0 Å². The van der Waals surface area contributed by atoms with Gasteiger partial charge in [0.2, 0.25) is 5.60 Å². The highest BCUT2D eigenvalue weighted by Crippen LogP contribution is 2.31. The third kappa shape index (κ3) is 1.65. The van der Waals surface area contributed by atoms with Crippen LogP contribution in [0.2, 0.25) is 0 Å². The first-order valence-electron chi connectivity index (χ1n) is 4.02. The van der Waals surface area contributed by atoms with Crippen LogP contribution in [0, 0.1) is 0 Å². The van der Waals surface area contributed by atoms with Crippen molar-refractivity contribution in [3.05, 3.63) is 22.4 Å². The molecule has 1 aromatic heterocycles. The summed E-state index contributed by atoms with van der Waals surface area (Å²) < 4.78 is 17.6. The number of thiophene rings is 1. The maximum Gasteiger partial charge on any atom is 0.346 e. The minimum absolute atomic E-state index is 0.249. The number of hydrogen-bond donors (Lipinski definition) is 1. The highest BCUT2D eigenvalue weighted by atomic mass is 32.1. The Hall–Kier alpha value is -0.940. The highest BCUT2D eigenvalue weighted by molar-refractivity contribution is 7.10. The van der Waals surface area contributed by atoms with Gasteiger partial charge in [-0.2, -0.15) is 0 Å². The standard InChI is InChI=1S/C9H11FO3S/c1-6(10)9(12,8(11)13-2)7-4-3-5-14-7/h3-6,12H,1-2H3. The lowest BCUT2D eigenvalue weighted by molar-refractivity contribution is -0.170. The zero-order valence-electron chi connectivity index (χ0n) is 7.86. The van der Waals surface area contributed by atoms with Crippen LogP contribution in [0.4, 0.5) is 4.39 Å². The Kier molecular flexibility index (Phi) is 3.23. The topological polar surface area (TPSA) is 46.5 Å². The summed E-state index contributed by atoms with van der Waals surface area (Å²) in [6, 6.07) is 3.13. The maximum absolute atomic E-state index is 13.2. The van der Waals surface area contributed by atoms with E-state index in [1.807, 2.05) is 0 Å². The number of alkyl halides is 1. The molecule has 0 aliphatic carbocycles. The van der Waals surface area contributed by atoms with Crippen molar-refractivity contribution in [1.29, 1.82) is 0 Å². The molecule has 0 spiro atoms. The van der Waals surface area contributed by atoms with E-state index in [0.29, 0.717) is 0 Å². The molecule has 0 aromatic carbocycles. The Morgan fingerprint density at radius 3 is 2.79 bits per heavy atom. The highest BCUT2D eigenvalue weighted by Gasteiger charge is 2.46. The van der Waals surface area contributed by atoms with Crippen LogP contribution >= 0.6 is 11.3 Å². The summed E-state index contributed by atoms with van der Waals surface area (Å²) in [5, 5.41) is 11.5. The van der Waals surface area contributed by atoms with Crippen molar-refractivity contribution >= 4 is 17.3 Å². The fourth-order valence-corrected chi connectivity index (χ4v) is 2.00. The normalized spacial score (nSPS) is 17.1. The molecule has 0 fully saturated rings. The average molecular weight is 218 g/mol. The van der Waals surface area contributed by atoms with Crippen molar-refractivity contribution < 1.29 is 19.0 Å². The van der Waals surface area contributed by atoms with E-state index >= 15 is 0 Å². The number of halogens is 1. The second kappa shape index (κ2) is 4.06. The molecule has 14 heavy (non-hydrogen) atoms. The van der Waals surface area contributed by atoms with Crippen molar-refractivity contribution in [2.24, 2.45) is 0 Å². The molecule has 5 heteroatoms. The lowest BCUT2D eigenvalue weighted by atomic mass is 9.97. The summed E-state index contributed by atoms with van der Waals surface area (Å²) in [5.41, 5.74) is -2.18. The number of carbonyl (C=O) groups excluding carboxylic acids is 1. The van der Waals surface area contributed by atoms with Gasteiger partial charge in [0.15, 0.2) is 0 Å². The number of rotatable bonds is 3. The molecule has 2 unspecified atom stereocenters. The molecule has 1 aromatic rings. The van der Waals surface area contributed by atoms with Crippen molar-refractivity contribution in [2.45, 2.75) is 18.7 Å². The second-order valence-corrected chi connectivity index (χ2v) is 3.80. The maximum atomic E-state index is 13.2. The first-order chi connectivity index (χ1) is 6.53. The molecule has 2 atom stereocenters. The fourth-order valence-electron chi connectivity index (χ4n) is 1.11. The lowest BCUT2D eigenvalue weighted by Crippen LogP contribution is -2.43. The minimum atomic E-state index is -2.18. The van der Waals surface area contributed by atoms with Crippen LogP contribution in [-0.2, 0) is 15.1 Å². The Bertz CT molecular complexity index is 310. The van der Waals surface area contributed by atoms with Gasteiger partial charge in [0.05, 0.1) is 12.0 Å². The molecule has 0 radical (unpaired) electrons. The second-order valence-electron chi connectivity index (χ2n) is 2.85. The zero-order valence-corrected chi connectivity index (χ0v) is 8.68. The molecule has 78 valence electrons. The molecule has 1 rings (SSSR count). The molecule has 0 aliphatic rings. The van der Waals surface area contributed by atoms with Gasteiger partial charge in [0.1, 0.15) is 6.17 Å². The van der Waals surface area contributed by atoms with E-state index in [2.05, 4.69) is 4.74 Å². The van der Waals surface area contributed by atoms with Crippen molar-refractivity contribution in [2.75, 3.05) is 7.11 Å². The Morgan fingerprint density at radius 1 is 1.79 bits per heavy atom. The van der Waals surface area contributed by atoms with Gasteiger partial charge in [-0.15, -0.1) is 11.3 Å². The Labute approximate surface area is 85.1 Å². The molecule has 0 aliphatic heterocycles. The third-order valence-electron chi connectivity index (χ3n) is 1.97. The van der Waals surface area contributed by atoms with Crippen LogP contribution in [0.25, 0.3) is 0 Å². The van der Waals surface area contributed by atoms with Gasteiger partial charge < -0.3 is 9.84 Å². The van der Waals surface area contributed by atoms with Gasteiger partial charge in [-0.05, 0) is 18.4 Å². The van der Waals surface area contributed by atoms with Crippen LogP contribution in [-0.4, -0.2) is 24.4 Å². The Morgan fingerprint density at radius 2 is 2.43 bits per heavy atom. The van der Waals surface area contributed by atoms with E-state index in [-0.39, 0.29) is 4.88 Å². The van der Waals surface area contributed by atoms with Gasteiger partial charge >= 0.3 is 5.97 Å². The van der Waals surface area contributed by atoms with Crippen LogP contribution in [0.3, 0.4) is 0 Å². The lowest BCUT2D eigenvalue weighted by Gasteiger charge is -2.25. The number of ether oxygens (including phenoxy) is 1. The van der Waals surface area contributed by atoms with E-state index in [0.717, 1.165) is 25.4 Å². The first-order valence-corrected chi connectivity index (χ1v) is 4.90. The monoisotopic (exact) mass is 218 g/mol. The molecular weight excluding hydrogens is 207 g/mol. The van der Waals surface area contributed by atoms with Crippen LogP contribution in [0.15, 0.2) is 17.5 Å². The Balaban J connectivity index is 3.12. The predicted octanol–water partition coefficient (Wildman–Crippen LogP) is 1.47. The molecule has 0 saturated carbocycles. The van der Waals surface area contributed by atoms with E-state index in [1.165, 1.54) is 6.07 Å². The molecule has 0 amide bonds. The summed E-state index contributed by atoms with van der Waals surface area (Å²) in [5.74, 6) is -0.977. The molecule has 1 N–H and O–H groups in total. The van der Waals surface area contributed by atoms with Gasteiger partial charge in [-0.1, -0.05) is 6.07 Å². The van der Waals surface area contributed by atoms with Gasteiger partial charge in [-0.25, -0.2) is 9.18 Å². The number of carbonyl (C=O) groups is 1. The van der Waals surface area contributed by atoms with Crippen LogP contribution in [0.1, 0.15) is 11.8 Å². The molecule has 0 saturated heterocycles. The minimum Gasteiger partial charge on any atom is -0.467 e. The van der Waals surface area contributed by atoms with Crippen molar-refractivity contribution in [3.8, 4) is 0 Å².